The minimum absolute atomic E-state index is 0.257. The molecular formula is C14H21N. The van der Waals surface area contributed by atoms with Crippen molar-refractivity contribution in [2.24, 2.45) is 11.7 Å². The van der Waals surface area contributed by atoms with E-state index in [1.807, 2.05) is 0 Å². The van der Waals surface area contributed by atoms with Crippen molar-refractivity contribution in [1.82, 2.24) is 0 Å². The van der Waals surface area contributed by atoms with Gasteiger partial charge in [-0.15, -0.1) is 0 Å². The van der Waals surface area contributed by atoms with Crippen LogP contribution in [0.15, 0.2) is 18.2 Å². The van der Waals surface area contributed by atoms with E-state index in [-0.39, 0.29) is 6.04 Å². The van der Waals surface area contributed by atoms with Gasteiger partial charge in [0.2, 0.25) is 0 Å². The third-order valence-corrected chi connectivity index (χ3v) is 3.91. The van der Waals surface area contributed by atoms with Crippen molar-refractivity contribution in [2.45, 2.75) is 45.6 Å². The third kappa shape index (κ3) is 2.07. The molecule has 1 fully saturated rings. The number of hydrogen-bond donors (Lipinski definition) is 1. The van der Waals surface area contributed by atoms with Crippen LogP contribution < -0.4 is 5.73 Å². The molecule has 0 bridgehead atoms. The maximum Gasteiger partial charge on any atom is 0.0326 e. The molecule has 1 atom stereocenters. The Balaban J connectivity index is 2.24. The van der Waals surface area contributed by atoms with Gasteiger partial charge < -0.3 is 5.73 Å². The summed E-state index contributed by atoms with van der Waals surface area (Å²) >= 11 is 0. The molecule has 15 heavy (non-hydrogen) atoms. The van der Waals surface area contributed by atoms with Gasteiger partial charge in [0.15, 0.2) is 0 Å². The van der Waals surface area contributed by atoms with Crippen LogP contribution in [0.4, 0.5) is 0 Å². The first-order chi connectivity index (χ1) is 7.20. The first kappa shape index (κ1) is 10.7. The summed E-state index contributed by atoms with van der Waals surface area (Å²) in [5, 5.41) is 0. The highest BCUT2D eigenvalue weighted by Crippen LogP contribution is 2.35. The van der Waals surface area contributed by atoms with Gasteiger partial charge in [0.25, 0.3) is 0 Å². The Morgan fingerprint density at radius 3 is 2.53 bits per heavy atom. The zero-order valence-electron chi connectivity index (χ0n) is 9.79. The zero-order chi connectivity index (χ0) is 10.8. The Morgan fingerprint density at radius 2 is 1.87 bits per heavy atom. The van der Waals surface area contributed by atoms with Crippen molar-refractivity contribution in [3.63, 3.8) is 0 Å². The fraction of sp³-hybridized carbons (Fsp3) is 0.571. The van der Waals surface area contributed by atoms with Crippen LogP contribution in [0.2, 0.25) is 0 Å². The maximum atomic E-state index is 6.37. The Kier molecular flexibility index (Phi) is 3.11. The van der Waals surface area contributed by atoms with Crippen LogP contribution >= 0.6 is 0 Å². The van der Waals surface area contributed by atoms with Gasteiger partial charge in [0.05, 0.1) is 0 Å². The molecule has 0 aliphatic heterocycles. The first-order valence-electron chi connectivity index (χ1n) is 6.02. The summed E-state index contributed by atoms with van der Waals surface area (Å²) in [5.74, 6) is 0.713. The largest absolute Gasteiger partial charge is 0.324 e. The minimum atomic E-state index is 0.257. The standard InChI is InChI=1S/C14H21N/c1-10-6-5-9-13(11(10)2)14(15)12-7-3-4-8-12/h5-6,9,12,14H,3-4,7-8,15H2,1-2H3/t14-/m0/s1. The second-order valence-corrected chi connectivity index (χ2v) is 4.86. The van der Waals surface area contributed by atoms with E-state index in [4.69, 9.17) is 5.73 Å². The lowest BCUT2D eigenvalue weighted by Crippen LogP contribution is -2.20. The fourth-order valence-electron chi connectivity index (χ4n) is 2.71. The van der Waals surface area contributed by atoms with E-state index in [9.17, 15) is 0 Å². The number of aryl methyl sites for hydroxylation is 1. The van der Waals surface area contributed by atoms with Crippen molar-refractivity contribution < 1.29 is 0 Å². The zero-order valence-corrected chi connectivity index (χ0v) is 9.79. The molecule has 1 aromatic rings. The van der Waals surface area contributed by atoms with Crippen molar-refractivity contribution >= 4 is 0 Å². The highest BCUT2D eigenvalue weighted by Gasteiger charge is 2.24. The Morgan fingerprint density at radius 1 is 1.20 bits per heavy atom. The average molecular weight is 203 g/mol. The third-order valence-electron chi connectivity index (χ3n) is 3.91. The molecule has 0 amide bonds. The number of rotatable bonds is 2. The minimum Gasteiger partial charge on any atom is -0.324 e. The Bertz CT molecular complexity index is 337. The lowest BCUT2D eigenvalue weighted by atomic mass is 9.88. The first-order valence-corrected chi connectivity index (χ1v) is 6.02. The summed E-state index contributed by atoms with van der Waals surface area (Å²) in [5.41, 5.74) is 10.5. The molecule has 1 aromatic carbocycles. The van der Waals surface area contributed by atoms with Crippen LogP contribution in [0.5, 0.6) is 0 Å². The van der Waals surface area contributed by atoms with Crippen LogP contribution in [0, 0.1) is 19.8 Å². The molecule has 1 aliphatic rings. The smallest absolute Gasteiger partial charge is 0.0326 e. The topological polar surface area (TPSA) is 26.0 Å². The van der Waals surface area contributed by atoms with Gasteiger partial charge in [-0.1, -0.05) is 31.0 Å². The number of nitrogens with two attached hydrogens (primary N) is 1. The highest BCUT2D eigenvalue weighted by molar-refractivity contribution is 5.35. The van der Waals surface area contributed by atoms with Gasteiger partial charge in [-0.3, -0.25) is 0 Å². The van der Waals surface area contributed by atoms with E-state index < -0.39 is 0 Å². The van der Waals surface area contributed by atoms with E-state index >= 15 is 0 Å². The van der Waals surface area contributed by atoms with Crippen LogP contribution in [0.25, 0.3) is 0 Å². The summed E-state index contributed by atoms with van der Waals surface area (Å²) in [6.07, 6.45) is 5.36. The van der Waals surface area contributed by atoms with Gasteiger partial charge in [-0.2, -0.15) is 0 Å². The van der Waals surface area contributed by atoms with Crippen molar-refractivity contribution in [3.8, 4) is 0 Å². The predicted octanol–water partition coefficient (Wildman–Crippen LogP) is 3.49. The monoisotopic (exact) mass is 203 g/mol. The molecule has 0 unspecified atom stereocenters. The van der Waals surface area contributed by atoms with Crippen LogP contribution in [0.1, 0.15) is 48.4 Å². The molecule has 1 aliphatic carbocycles. The maximum absolute atomic E-state index is 6.37. The molecule has 1 nitrogen and oxygen atoms in total. The molecule has 0 heterocycles. The summed E-state index contributed by atoms with van der Waals surface area (Å²) < 4.78 is 0. The number of hydrogen-bond acceptors (Lipinski definition) is 1. The SMILES string of the molecule is Cc1cccc([C@@H](N)C2CCCC2)c1C. The van der Waals surface area contributed by atoms with E-state index in [1.54, 1.807) is 0 Å². The highest BCUT2D eigenvalue weighted by atomic mass is 14.7. The predicted molar refractivity (Wildman–Crippen MR) is 64.8 cm³/mol. The van der Waals surface area contributed by atoms with Gasteiger partial charge in [-0.05, 0) is 49.3 Å². The lowest BCUT2D eigenvalue weighted by molar-refractivity contribution is 0.443. The molecule has 2 N–H and O–H groups in total. The molecule has 0 spiro atoms. The normalized spacial score (nSPS) is 19.4. The van der Waals surface area contributed by atoms with E-state index in [2.05, 4.69) is 32.0 Å². The number of benzene rings is 1. The van der Waals surface area contributed by atoms with Crippen molar-refractivity contribution in [3.05, 3.63) is 34.9 Å². The summed E-state index contributed by atoms with van der Waals surface area (Å²) in [7, 11) is 0. The lowest BCUT2D eigenvalue weighted by Gasteiger charge is -2.22. The average Bonchev–Trinajstić information content (AvgIpc) is 2.74. The van der Waals surface area contributed by atoms with Crippen LogP contribution in [-0.4, -0.2) is 0 Å². The molecule has 1 saturated carbocycles. The Hall–Kier alpha value is -0.820. The summed E-state index contributed by atoms with van der Waals surface area (Å²) in [4.78, 5) is 0. The van der Waals surface area contributed by atoms with E-state index in [1.165, 1.54) is 42.4 Å². The van der Waals surface area contributed by atoms with Gasteiger partial charge >= 0.3 is 0 Å². The quantitative estimate of drug-likeness (QED) is 0.782. The molecule has 1 heteroatoms. The second-order valence-electron chi connectivity index (χ2n) is 4.86. The van der Waals surface area contributed by atoms with Gasteiger partial charge in [0.1, 0.15) is 0 Å². The van der Waals surface area contributed by atoms with Crippen molar-refractivity contribution in [1.29, 1.82) is 0 Å². The summed E-state index contributed by atoms with van der Waals surface area (Å²) in [6.45, 7) is 4.36. The van der Waals surface area contributed by atoms with Gasteiger partial charge in [-0.25, -0.2) is 0 Å². The molecule has 0 aromatic heterocycles. The molecule has 0 saturated heterocycles. The van der Waals surface area contributed by atoms with Crippen molar-refractivity contribution in [2.75, 3.05) is 0 Å². The molecular weight excluding hydrogens is 182 g/mol. The summed E-state index contributed by atoms with van der Waals surface area (Å²) in [6, 6.07) is 6.75. The van der Waals surface area contributed by atoms with Crippen LogP contribution in [-0.2, 0) is 0 Å². The Labute approximate surface area is 92.7 Å². The van der Waals surface area contributed by atoms with E-state index in [0.29, 0.717) is 5.92 Å². The fourth-order valence-corrected chi connectivity index (χ4v) is 2.71. The molecule has 0 radical (unpaired) electrons. The molecule has 82 valence electrons. The second kappa shape index (κ2) is 4.36. The van der Waals surface area contributed by atoms with Gasteiger partial charge in [0, 0.05) is 6.04 Å². The molecule has 2 rings (SSSR count). The van der Waals surface area contributed by atoms with E-state index in [0.717, 1.165) is 0 Å². The van der Waals surface area contributed by atoms with Crippen LogP contribution in [0.3, 0.4) is 0 Å².